The van der Waals surface area contributed by atoms with Crippen LogP contribution in [0.2, 0.25) is 0 Å². The molecule has 0 amide bonds. The number of nitrogens with zero attached hydrogens (tertiary/aromatic N) is 3. The van der Waals surface area contributed by atoms with Gasteiger partial charge in [-0.3, -0.25) is 14.9 Å². The van der Waals surface area contributed by atoms with Crippen LogP contribution in [-0.2, 0) is 6.42 Å². The van der Waals surface area contributed by atoms with Crippen LogP contribution in [0.1, 0.15) is 30.7 Å². The molecule has 0 aliphatic heterocycles. The zero-order chi connectivity index (χ0) is 19.0. The number of fused-ring (bicyclic) bond motifs is 1. The summed E-state index contributed by atoms with van der Waals surface area (Å²) in [6.45, 7) is 5.88. The van der Waals surface area contributed by atoms with E-state index in [0.717, 1.165) is 28.0 Å². The molecule has 5 nitrogen and oxygen atoms in total. The molecular formula is C21H20N4OS. The lowest BCUT2D eigenvalue weighted by Gasteiger charge is -2.00. The van der Waals surface area contributed by atoms with Crippen LogP contribution in [0.25, 0.3) is 15.3 Å². The second-order valence-corrected chi connectivity index (χ2v) is 7.44. The summed E-state index contributed by atoms with van der Waals surface area (Å²) in [5, 5.41) is 3.78. The minimum absolute atomic E-state index is 0.127. The summed E-state index contributed by atoms with van der Waals surface area (Å²) in [4.78, 5) is 22.2. The van der Waals surface area contributed by atoms with Crippen molar-refractivity contribution >= 4 is 33.0 Å². The summed E-state index contributed by atoms with van der Waals surface area (Å²) < 4.78 is 2.56. The van der Waals surface area contributed by atoms with Crippen LogP contribution < -0.4 is 5.56 Å². The molecule has 0 radical (unpaired) electrons. The van der Waals surface area contributed by atoms with E-state index in [2.05, 4.69) is 34.1 Å². The van der Waals surface area contributed by atoms with Gasteiger partial charge in [0.05, 0.1) is 27.2 Å². The summed E-state index contributed by atoms with van der Waals surface area (Å²) >= 11 is 1.49. The van der Waals surface area contributed by atoms with Crippen LogP contribution >= 0.6 is 11.3 Å². The number of nitrogens with one attached hydrogen (secondary N) is 1. The number of para-hydroxylation sites is 1. The molecule has 27 heavy (non-hydrogen) atoms. The Hall–Kier alpha value is -2.99. The predicted molar refractivity (Wildman–Crippen MR) is 112 cm³/mol. The number of aryl methyl sites for hydroxylation is 2. The van der Waals surface area contributed by atoms with Crippen LogP contribution in [0.3, 0.4) is 0 Å². The lowest BCUT2D eigenvalue weighted by atomic mass is 10.1. The number of aromatic nitrogens is 3. The molecule has 0 spiro atoms. The van der Waals surface area contributed by atoms with E-state index in [-0.39, 0.29) is 5.56 Å². The van der Waals surface area contributed by atoms with Gasteiger partial charge in [0.2, 0.25) is 5.13 Å². The summed E-state index contributed by atoms with van der Waals surface area (Å²) in [5.41, 5.74) is 4.94. The molecule has 6 heteroatoms. The Kier molecular flexibility index (Phi) is 4.49. The van der Waals surface area contributed by atoms with E-state index < -0.39 is 0 Å². The molecule has 1 N–H and O–H groups in total. The lowest BCUT2D eigenvalue weighted by molar-refractivity contribution is 0.829. The van der Waals surface area contributed by atoms with Crippen LogP contribution in [0, 0.1) is 6.92 Å². The van der Waals surface area contributed by atoms with E-state index in [4.69, 9.17) is 0 Å². The highest BCUT2D eigenvalue weighted by molar-refractivity contribution is 7.20. The Labute approximate surface area is 161 Å². The fraction of sp³-hybridized carbons (Fsp3) is 0.190. The third kappa shape index (κ3) is 3.24. The van der Waals surface area contributed by atoms with E-state index in [0.29, 0.717) is 16.4 Å². The van der Waals surface area contributed by atoms with E-state index in [9.17, 15) is 4.79 Å². The second-order valence-electron chi connectivity index (χ2n) is 6.43. The molecule has 2 heterocycles. The van der Waals surface area contributed by atoms with Crippen LogP contribution in [0.4, 0.5) is 5.69 Å². The molecule has 4 rings (SSSR count). The van der Waals surface area contributed by atoms with Crippen molar-refractivity contribution in [3.05, 3.63) is 75.7 Å². The highest BCUT2D eigenvalue weighted by Crippen LogP contribution is 2.24. The first-order valence-corrected chi connectivity index (χ1v) is 9.70. The topological polar surface area (TPSA) is 63.0 Å². The normalized spacial score (nSPS) is 12.0. The van der Waals surface area contributed by atoms with Gasteiger partial charge in [0, 0.05) is 5.69 Å². The molecule has 0 saturated carbocycles. The second kappa shape index (κ2) is 6.96. The van der Waals surface area contributed by atoms with Crippen molar-refractivity contribution in [2.24, 2.45) is 4.99 Å². The molecule has 0 atom stereocenters. The summed E-state index contributed by atoms with van der Waals surface area (Å²) in [6.07, 6.45) is 0.993. The minimum Gasteiger partial charge on any atom is -0.293 e. The Morgan fingerprint density at radius 2 is 1.93 bits per heavy atom. The molecular weight excluding hydrogens is 356 g/mol. The lowest BCUT2D eigenvalue weighted by Crippen LogP contribution is -2.19. The number of hydrogen-bond donors (Lipinski definition) is 1. The highest BCUT2D eigenvalue weighted by atomic mass is 32.1. The van der Waals surface area contributed by atoms with Crippen LogP contribution in [-0.4, -0.2) is 20.5 Å². The number of aromatic amines is 1. The zero-order valence-corrected chi connectivity index (χ0v) is 16.3. The SMILES string of the molecule is CCc1ccc(N=C(C)c2c(C)[nH]n(-c3nc4ccccc4s3)c2=O)cc1. The van der Waals surface area contributed by atoms with E-state index >= 15 is 0 Å². The van der Waals surface area contributed by atoms with Gasteiger partial charge in [0.1, 0.15) is 0 Å². The Bertz CT molecular complexity index is 1160. The fourth-order valence-corrected chi connectivity index (χ4v) is 4.04. The molecule has 0 bridgehead atoms. The molecule has 0 aliphatic rings. The first-order valence-electron chi connectivity index (χ1n) is 8.89. The van der Waals surface area contributed by atoms with Crippen molar-refractivity contribution in [2.45, 2.75) is 27.2 Å². The first-order chi connectivity index (χ1) is 13.1. The van der Waals surface area contributed by atoms with Gasteiger partial charge >= 0.3 is 0 Å². The molecule has 0 fully saturated rings. The first kappa shape index (κ1) is 17.4. The fourth-order valence-electron chi connectivity index (χ4n) is 3.12. The van der Waals surface area contributed by atoms with E-state index in [1.165, 1.54) is 21.6 Å². The van der Waals surface area contributed by atoms with Crippen molar-refractivity contribution in [2.75, 3.05) is 0 Å². The minimum atomic E-state index is -0.127. The van der Waals surface area contributed by atoms with Gasteiger partial charge in [-0.15, -0.1) is 0 Å². The third-order valence-corrected chi connectivity index (χ3v) is 5.57. The molecule has 0 aliphatic carbocycles. The van der Waals surface area contributed by atoms with Gasteiger partial charge in [-0.1, -0.05) is 42.5 Å². The van der Waals surface area contributed by atoms with Gasteiger partial charge in [-0.05, 0) is 50.1 Å². The maximum absolute atomic E-state index is 13.0. The van der Waals surface area contributed by atoms with Crippen molar-refractivity contribution in [3.63, 3.8) is 0 Å². The average molecular weight is 376 g/mol. The Balaban J connectivity index is 1.75. The van der Waals surface area contributed by atoms with E-state index in [1.807, 2.05) is 50.2 Å². The van der Waals surface area contributed by atoms with Gasteiger partial charge in [0.25, 0.3) is 5.56 Å². The maximum atomic E-state index is 13.0. The van der Waals surface area contributed by atoms with Crippen LogP contribution in [0.15, 0.2) is 58.3 Å². The number of hydrogen-bond acceptors (Lipinski definition) is 4. The van der Waals surface area contributed by atoms with Crippen molar-refractivity contribution in [1.82, 2.24) is 14.8 Å². The molecule has 2 aromatic heterocycles. The Morgan fingerprint density at radius 1 is 1.19 bits per heavy atom. The maximum Gasteiger partial charge on any atom is 0.282 e. The number of aliphatic imine (C=N–C) groups is 1. The van der Waals surface area contributed by atoms with E-state index in [1.54, 1.807) is 0 Å². The highest BCUT2D eigenvalue weighted by Gasteiger charge is 2.17. The summed E-state index contributed by atoms with van der Waals surface area (Å²) in [5.74, 6) is 0. The van der Waals surface area contributed by atoms with Gasteiger partial charge in [-0.2, -0.15) is 4.68 Å². The third-order valence-electron chi connectivity index (χ3n) is 4.55. The molecule has 2 aromatic carbocycles. The standard InChI is InChI=1S/C21H20N4OS/c1-4-15-9-11-16(12-10-15)22-13(2)19-14(3)24-25(20(19)26)21-23-17-7-5-6-8-18(17)27-21/h5-12,24H,4H2,1-3H3. The predicted octanol–water partition coefficient (Wildman–Crippen LogP) is 4.79. The number of H-pyrrole nitrogens is 1. The summed E-state index contributed by atoms with van der Waals surface area (Å²) in [6, 6.07) is 16.0. The summed E-state index contributed by atoms with van der Waals surface area (Å²) in [7, 11) is 0. The van der Waals surface area contributed by atoms with Crippen molar-refractivity contribution in [1.29, 1.82) is 0 Å². The molecule has 0 unspecified atom stereocenters. The van der Waals surface area contributed by atoms with Gasteiger partial charge in [0.15, 0.2) is 0 Å². The average Bonchev–Trinajstić information content (AvgIpc) is 3.22. The zero-order valence-electron chi connectivity index (χ0n) is 15.5. The largest absolute Gasteiger partial charge is 0.293 e. The van der Waals surface area contributed by atoms with Gasteiger partial charge < -0.3 is 0 Å². The van der Waals surface area contributed by atoms with Crippen molar-refractivity contribution < 1.29 is 0 Å². The molecule has 4 aromatic rings. The van der Waals surface area contributed by atoms with Crippen molar-refractivity contribution in [3.8, 4) is 5.13 Å². The van der Waals surface area contributed by atoms with Crippen LogP contribution in [0.5, 0.6) is 0 Å². The number of thiazole rings is 1. The number of benzene rings is 2. The Morgan fingerprint density at radius 3 is 2.63 bits per heavy atom. The monoisotopic (exact) mass is 376 g/mol. The molecule has 136 valence electrons. The quantitative estimate of drug-likeness (QED) is 0.521. The van der Waals surface area contributed by atoms with Gasteiger partial charge in [-0.25, -0.2) is 4.98 Å². The molecule has 0 saturated heterocycles. The number of rotatable bonds is 4. The smallest absolute Gasteiger partial charge is 0.282 e.